The molecule has 0 unspecified atom stereocenters. The Balaban J connectivity index is 1.29. The zero-order chi connectivity index (χ0) is 19.3. The van der Waals surface area contributed by atoms with E-state index in [1.807, 2.05) is 4.90 Å². The largest absolute Gasteiger partial charge is 0.378 e. The maximum atomic E-state index is 13.1. The van der Waals surface area contributed by atoms with Gasteiger partial charge >= 0.3 is 0 Å². The van der Waals surface area contributed by atoms with Crippen LogP contribution < -0.4 is 9.80 Å². The Bertz CT molecular complexity index is 780. The molecule has 0 saturated carbocycles. The van der Waals surface area contributed by atoms with E-state index in [0.717, 1.165) is 50.6 Å². The summed E-state index contributed by atoms with van der Waals surface area (Å²) >= 11 is 0. The molecule has 0 atom stereocenters. The first kappa shape index (κ1) is 18.7. The van der Waals surface area contributed by atoms with Crippen LogP contribution in [0.25, 0.3) is 0 Å². The van der Waals surface area contributed by atoms with Crippen molar-refractivity contribution in [3.63, 3.8) is 0 Å². The molecule has 1 amide bonds. The number of morpholine rings is 1. The fraction of sp³-hybridized carbons (Fsp3) is 0.409. The highest BCUT2D eigenvalue weighted by Crippen LogP contribution is 2.19. The summed E-state index contributed by atoms with van der Waals surface area (Å²) in [5.41, 5.74) is 3.24. The van der Waals surface area contributed by atoms with Crippen molar-refractivity contribution in [1.82, 2.24) is 4.90 Å². The van der Waals surface area contributed by atoms with Crippen LogP contribution >= 0.6 is 0 Å². The summed E-state index contributed by atoms with van der Waals surface area (Å²) in [6.07, 6.45) is 0.430. The SMILES string of the molecule is O=C(Cc1ccc(N2CCOCC2)cc1)N1CCN(c2ccc(F)cc2)CC1. The molecule has 6 heteroatoms. The van der Waals surface area contributed by atoms with Crippen LogP contribution in [0.4, 0.5) is 15.8 Å². The molecular weight excluding hydrogens is 357 g/mol. The van der Waals surface area contributed by atoms with Crippen LogP contribution in [0, 0.1) is 5.82 Å². The Morgan fingerprint density at radius 2 is 1.32 bits per heavy atom. The minimum atomic E-state index is -0.225. The van der Waals surface area contributed by atoms with E-state index >= 15 is 0 Å². The highest BCUT2D eigenvalue weighted by Gasteiger charge is 2.21. The Labute approximate surface area is 165 Å². The fourth-order valence-corrected chi connectivity index (χ4v) is 3.80. The van der Waals surface area contributed by atoms with Crippen molar-refractivity contribution in [2.45, 2.75) is 6.42 Å². The number of benzene rings is 2. The van der Waals surface area contributed by atoms with Crippen LogP contribution in [0.1, 0.15) is 5.56 Å². The molecule has 0 radical (unpaired) electrons. The zero-order valence-electron chi connectivity index (χ0n) is 16.0. The number of ether oxygens (including phenoxy) is 1. The van der Waals surface area contributed by atoms with E-state index in [-0.39, 0.29) is 11.7 Å². The van der Waals surface area contributed by atoms with E-state index in [0.29, 0.717) is 19.5 Å². The minimum Gasteiger partial charge on any atom is -0.378 e. The van der Waals surface area contributed by atoms with Gasteiger partial charge in [0.1, 0.15) is 5.82 Å². The van der Waals surface area contributed by atoms with Crippen molar-refractivity contribution in [2.24, 2.45) is 0 Å². The second-order valence-electron chi connectivity index (χ2n) is 7.29. The van der Waals surface area contributed by atoms with Crippen LogP contribution in [-0.4, -0.2) is 63.3 Å². The smallest absolute Gasteiger partial charge is 0.227 e. The first-order chi connectivity index (χ1) is 13.7. The average Bonchev–Trinajstić information content (AvgIpc) is 2.75. The lowest BCUT2D eigenvalue weighted by Gasteiger charge is -2.36. The van der Waals surface area contributed by atoms with Crippen molar-refractivity contribution < 1.29 is 13.9 Å². The van der Waals surface area contributed by atoms with Crippen molar-refractivity contribution >= 4 is 17.3 Å². The monoisotopic (exact) mass is 383 g/mol. The molecule has 28 heavy (non-hydrogen) atoms. The second-order valence-corrected chi connectivity index (χ2v) is 7.29. The maximum absolute atomic E-state index is 13.1. The van der Waals surface area contributed by atoms with E-state index in [1.54, 1.807) is 12.1 Å². The first-order valence-corrected chi connectivity index (χ1v) is 9.89. The number of rotatable bonds is 4. The molecule has 148 valence electrons. The van der Waals surface area contributed by atoms with Crippen molar-refractivity contribution in [3.8, 4) is 0 Å². The highest BCUT2D eigenvalue weighted by atomic mass is 19.1. The third kappa shape index (κ3) is 4.44. The van der Waals surface area contributed by atoms with Crippen LogP contribution in [0.15, 0.2) is 48.5 Å². The summed E-state index contributed by atoms with van der Waals surface area (Å²) in [7, 11) is 0. The number of piperazine rings is 1. The van der Waals surface area contributed by atoms with Crippen molar-refractivity contribution in [3.05, 3.63) is 59.9 Å². The molecule has 0 N–H and O–H groups in total. The molecular formula is C22H26FN3O2. The van der Waals surface area contributed by atoms with Gasteiger partial charge in [-0.2, -0.15) is 0 Å². The van der Waals surface area contributed by atoms with E-state index in [9.17, 15) is 9.18 Å². The summed E-state index contributed by atoms with van der Waals surface area (Å²) in [5.74, 6) is -0.0601. The summed E-state index contributed by atoms with van der Waals surface area (Å²) in [6.45, 7) is 6.30. The third-order valence-electron chi connectivity index (χ3n) is 5.49. The number of hydrogen-bond acceptors (Lipinski definition) is 4. The summed E-state index contributed by atoms with van der Waals surface area (Å²) < 4.78 is 18.5. The van der Waals surface area contributed by atoms with Crippen molar-refractivity contribution in [2.75, 3.05) is 62.3 Å². The van der Waals surface area contributed by atoms with Crippen LogP contribution in [0.2, 0.25) is 0 Å². The van der Waals surface area contributed by atoms with Gasteiger partial charge in [0.25, 0.3) is 0 Å². The van der Waals surface area contributed by atoms with Gasteiger partial charge in [-0.25, -0.2) is 4.39 Å². The van der Waals surface area contributed by atoms with Gasteiger partial charge in [-0.1, -0.05) is 12.1 Å². The lowest BCUT2D eigenvalue weighted by molar-refractivity contribution is -0.130. The molecule has 2 saturated heterocycles. The summed E-state index contributed by atoms with van der Waals surface area (Å²) in [4.78, 5) is 19.1. The summed E-state index contributed by atoms with van der Waals surface area (Å²) in [5, 5.41) is 0. The quantitative estimate of drug-likeness (QED) is 0.813. The highest BCUT2D eigenvalue weighted by molar-refractivity contribution is 5.79. The third-order valence-corrected chi connectivity index (χ3v) is 5.49. The van der Waals surface area contributed by atoms with Gasteiger partial charge in [-0.3, -0.25) is 4.79 Å². The Morgan fingerprint density at radius 1 is 0.786 bits per heavy atom. The molecule has 2 aliphatic heterocycles. The van der Waals surface area contributed by atoms with Crippen LogP contribution in [-0.2, 0) is 16.0 Å². The number of carbonyl (C=O) groups is 1. The predicted octanol–water partition coefficient (Wildman–Crippen LogP) is 2.55. The van der Waals surface area contributed by atoms with Gasteiger partial charge in [-0.05, 0) is 42.0 Å². The molecule has 0 spiro atoms. The van der Waals surface area contributed by atoms with Gasteiger partial charge < -0.3 is 19.4 Å². The van der Waals surface area contributed by atoms with Gasteiger partial charge in [0.2, 0.25) is 5.91 Å². The number of hydrogen-bond donors (Lipinski definition) is 0. The molecule has 0 bridgehead atoms. The number of amides is 1. The van der Waals surface area contributed by atoms with E-state index in [1.165, 1.54) is 17.8 Å². The maximum Gasteiger partial charge on any atom is 0.227 e. The molecule has 2 aromatic rings. The summed E-state index contributed by atoms with van der Waals surface area (Å²) in [6, 6.07) is 14.8. The number of anilines is 2. The minimum absolute atomic E-state index is 0.165. The lowest BCUT2D eigenvalue weighted by Crippen LogP contribution is -2.49. The van der Waals surface area contributed by atoms with Gasteiger partial charge in [-0.15, -0.1) is 0 Å². The first-order valence-electron chi connectivity index (χ1n) is 9.89. The standard InChI is InChI=1S/C22H26FN3O2/c23-19-3-7-21(8-4-19)24-9-11-26(12-10-24)22(27)17-18-1-5-20(6-2-18)25-13-15-28-16-14-25/h1-8H,9-17H2. The number of nitrogens with zero attached hydrogens (tertiary/aromatic N) is 3. The predicted molar refractivity (Wildman–Crippen MR) is 108 cm³/mol. The molecule has 2 heterocycles. The Morgan fingerprint density at radius 3 is 1.93 bits per heavy atom. The normalized spacial score (nSPS) is 17.7. The van der Waals surface area contributed by atoms with E-state index in [4.69, 9.17) is 4.74 Å². The topological polar surface area (TPSA) is 36.0 Å². The molecule has 2 aliphatic rings. The van der Waals surface area contributed by atoms with Crippen molar-refractivity contribution in [1.29, 1.82) is 0 Å². The fourth-order valence-electron chi connectivity index (χ4n) is 3.80. The van der Waals surface area contributed by atoms with E-state index < -0.39 is 0 Å². The molecule has 2 fully saturated rings. The zero-order valence-corrected chi connectivity index (χ0v) is 16.0. The molecule has 5 nitrogen and oxygen atoms in total. The molecule has 0 aromatic heterocycles. The average molecular weight is 383 g/mol. The molecule has 2 aromatic carbocycles. The van der Waals surface area contributed by atoms with E-state index in [2.05, 4.69) is 34.1 Å². The molecule has 4 rings (SSSR count). The van der Waals surface area contributed by atoms with Gasteiger partial charge in [0.15, 0.2) is 0 Å². The van der Waals surface area contributed by atoms with Crippen LogP contribution in [0.5, 0.6) is 0 Å². The number of carbonyl (C=O) groups excluding carboxylic acids is 1. The molecule has 0 aliphatic carbocycles. The second kappa shape index (κ2) is 8.61. The Hall–Kier alpha value is -2.60. The van der Waals surface area contributed by atoms with Gasteiger partial charge in [0.05, 0.1) is 19.6 Å². The number of halogens is 1. The Kier molecular flexibility index (Phi) is 5.76. The lowest BCUT2D eigenvalue weighted by atomic mass is 10.1. The van der Waals surface area contributed by atoms with Gasteiger partial charge in [0, 0.05) is 50.6 Å². The van der Waals surface area contributed by atoms with Crippen LogP contribution in [0.3, 0.4) is 0 Å².